The highest BCUT2D eigenvalue weighted by atomic mass is 16.5. The molecule has 0 aromatic heterocycles. The number of benzene rings is 1. The van der Waals surface area contributed by atoms with Crippen LogP contribution in [0.25, 0.3) is 0 Å². The van der Waals surface area contributed by atoms with Gasteiger partial charge >= 0.3 is 0 Å². The summed E-state index contributed by atoms with van der Waals surface area (Å²) in [5.41, 5.74) is 0.451. The van der Waals surface area contributed by atoms with Crippen molar-refractivity contribution < 1.29 is 9.53 Å². The second-order valence-corrected chi connectivity index (χ2v) is 5.46. The number of nitrogens with zero attached hydrogens (tertiary/aromatic N) is 1. The van der Waals surface area contributed by atoms with Crippen LogP contribution in [0.5, 0.6) is 0 Å². The van der Waals surface area contributed by atoms with Gasteiger partial charge in [-0.3, -0.25) is 4.79 Å². The van der Waals surface area contributed by atoms with Crippen molar-refractivity contribution in [2.75, 3.05) is 7.11 Å². The maximum absolute atomic E-state index is 12.2. The van der Waals surface area contributed by atoms with E-state index in [0.717, 1.165) is 5.56 Å². The molecule has 0 spiro atoms. The lowest BCUT2D eigenvalue weighted by molar-refractivity contribution is -0.132. The highest BCUT2D eigenvalue weighted by Crippen LogP contribution is 2.21. The molecule has 0 bridgehead atoms. The van der Waals surface area contributed by atoms with Crippen LogP contribution in [0.1, 0.15) is 32.4 Å². The van der Waals surface area contributed by atoms with Gasteiger partial charge in [-0.1, -0.05) is 51.1 Å². The van der Waals surface area contributed by atoms with E-state index in [9.17, 15) is 4.79 Å². The lowest BCUT2D eigenvalue weighted by Gasteiger charge is -2.27. The molecule has 1 amide bonds. The van der Waals surface area contributed by atoms with E-state index in [1.165, 1.54) is 7.11 Å². The number of ether oxygens (including phenoxy) is 1. The lowest BCUT2D eigenvalue weighted by Crippen LogP contribution is -2.44. The first-order valence-electron chi connectivity index (χ1n) is 6.18. The molecule has 0 unspecified atom stereocenters. The summed E-state index contributed by atoms with van der Waals surface area (Å²) in [4.78, 5) is 12.2. The summed E-state index contributed by atoms with van der Waals surface area (Å²) < 4.78 is 5.23. The van der Waals surface area contributed by atoms with Crippen molar-refractivity contribution in [3.8, 4) is 6.07 Å². The van der Waals surface area contributed by atoms with Crippen molar-refractivity contribution in [2.45, 2.75) is 32.9 Å². The first-order chi connectivity index (χ1) is 8.90. The normalized spacial score (nSPS) is 14.3. The first-order valence-corrected chi connectivity index (χ1v) is 6.18. The Labute approximate surface area is 114 Å². The molecule has 0 aliphatic heterocycles. The number of hydrogen-bond donors (Lipinski definition) is 1. The van der Waals surface area contributed by atoms with Crippen molar-refractivity contribution >= 4 is 5.91 Å². The number of nitrogens with one attached hydrogen (secondary N) is 1. The Bertz CT molecular complexity index is 457. The predicted molar refractivity (Wildman–Crippen MR) is 73.2 cm³/mol. The van der Waals surface area contributed by atoms with Gasteiger partial charge in [0.05, 0.1) is 6.07 Å². The fourth-order valence-electron chi connectivity index (χ4n) is 1.68. The average molecular weight is 260 g/mol. The minimum Gasteiger partial charge on any atom is -0.367 e. The quantitative estimate of drug-likeness (QED) is 0.904. The number of nitriles is 1. The Morgan fingerprint density at radius 2 is 1.89 bits per heavy atom. The number of carbonyl (C=O) groups excluding carboxylic acids is 1. The SMILES string of the molecule is CO[C@@H](C(=O)N[C@H](C#N)C(C)(C)C)c1ccccc1. The third-order valence-electron chi connectivity index (χ3n) is 2.86. The Balaban J connectivity index is 2.84. The number of hydrogen-bond acceptors (Lipinski definition) is 3. The standard InChI is InChI=1S/C15H20N2O2/c1-15(2,3)12(10-16)17-14(18)13(19-4)11-8-6-5-7-9-11/h5-9,12-13H,1-4H3,(H,17,18)/t12-,13-/m1/s1. The number of carbonyl (C=O) groups is 1. The van der Waals surface area contributed by atoms with Gasteiger partial charge in [0.1, 0.15) is 6.04 Å². The molecule has 4 heteroatoms. The van der Waals surface area contributed by atoms with Gasteiger partial charge in [0, 0.05) is 7.11 Å². The van der Waals surface area contributed by atoms with Crippen molar-refractivity contribution in [3.63, 3.8) is 0 Å². The topological polar surface area (TPSA) is 62.1 Å². The van der Waals surface area contributed by atoms with Crippen molar-refractivity contribution in [1.29, 1.82) is 5.26 Å². The molecular weight excluding hydrogens is 240 g/mol. The van der Waals surface area contributed by atoms with Crippen LogP contribution >= 0.6 is 0 Å². The molecule has 0 aliphatic rings. The van der Waals surface area contributed by atoms with Gasteiger partial charge in [-0.2, -0.15) is 5.26 Å². The minimum atomic E-state index is -0.695. The second-order valence-electron chi connectivity index (χ2n) is 5.46. The van der Waals surface area contributed by atoms with Crippen LogP contribution in [0.4, 0.5) is 0 Å². The molecule has 1 aromatic rings. The van der Waals surface area contributed by atoms with Crippen LogP contribution < -0.4 is 5.32 Å². The second kappa shape index (κ2) is 6.35. The fraction of sp³-hybridized carbons (Fsp3) is 0.467. The van der Waals surface area contributed by atoms with E-state index >= 15 is 0 Å². The monoisotopic (exact) mass is 260 g/mol. The minimum absolute atomic E-state index is 0.296. The van der Waals surface area contributed by atoms with Gasteiger partial charge in [0.15, 0.2) is 6.10 Å². The molecular formula is C15H20N2O2. The highest BCUT2D eigenvalue weighted by Gasteiger charge is 2.29. The molecule has 2 atom stereocenters. The van der Waals surface area contributed by atoms with E-state index in [0.29, 0.717) is 0 Å². The third-order valence-corrected chi connectivity index (χ3v) is 2.86. The molecule has 1 rings (SSSR count). The van der Waals surface area contributed by atoms with Gasteiger partial charge in [0.25, 0.3) is 5.91 Å². The van der Waals surface area contributed by atoms with Crippen molar-refractivity contribution in [1.82, 2.24) is 5.32 Å². The maximum Gasteiger partial charge on any atom is 0.254 e. The summed E-state index contributed by atoms with van der Waals surface area (Å²) in [6.45, 7) is 5.72. The number of rotatable bonds is 4. The number of methoxy groups -OCH3 is 1. The van der Waals surface area contributed by atoms with Gasteiger partial charge in [-0.15, -0.1) is 0 Å². The Morgan fingerprint density at radius 1 is 1.32 bits per heavy atom. The Morgan fingerprint density at radius 3 is 2.32 bits per heavy atom. The van der Waals surface area contributed by atoms with Crippen LogP contribution in [-0.4, -0.2) is 19.1 Å². The molecule has 1 N–H and O–H groups in total. The molecule has 0 aliphatic carbocycles. The summed E-state index contributed by atoms with van der Waals surface area (Å²) in [6.07, 6.45) is -0.695. The summed E-state index contributed by atoms with van der Waals surface area (Å²) in [5, 5.41) is 11.9. The summed E-state index contributed by atoms with van der Waals surface area (Å²) in [7, 11) is 1.48. The van der Waals surface area contributed by atoms with Gasteiger partial charge < -0.3 is 10.1 Å². The van der Waals surface area contributed by atoms with Gasteiger partial charge in [-0.05, 0) is 11.0 Å². The van der Waals surface area contributed by atoms with Gasteiger partial charge in [-0.25, -0.2) is 0 Å². The molecule has 0 saturated heterocycles. The molecule has 0 fully saturated rings. The first kappa shape index (κ1) is 15.2. The summed E-state index contributed by atoms with van der Waals surface area (Å²) >= 11 is 0. The smallest absolute Gasteiger partial charge is 0.254 e. The van der Waals surface area contributed by atoms with Crippen LogP contribution in [0, 0.1) is 16.7 Å². The number of amides is 1. The highest BCUT2D eigenvalue weighted by molar-refractivity contribution is 5.82. The zero-order valence-electron chi connectivity index (χ0n) is 11.8. The van der Waals surface area contributed by atoms with Crippen LogP contribution in [0.3, 0.4) is 0 Å². The summed E-state index contributed by atoms with van der Waals surface area (Å²) in [5.74, 6) is -0.296. The average Bonchev–Trinajstić information content (AvgIpc) is 2.36. The van der Waals surface area contributed by atoms with E-state index in [-0.39, 0.29) is 11.3 Å². The molecule has 0 heterocycles. The lowest BCUT2D eigenvalue weighted by atomic mass is 9.87. The van der Waals surface area contributed by atoms with E-state index in [4.69, 9.17) is 10.00 Å². The van der Waals surface area contributed by atoms with Crippen molar-refractivity contribution in [2.24, 2.45) is 5.41 Å². The zero-order valence-corrected chi connectivity index (χ0v) is 11.8. The van der Waals surface area contributed by atoms with E-state index < -0.39 is 12.1 Å². The zero-order chi connectivity index (χ0) is 14.5. The van der Waals surface area contributed by atoms with Crippen LogP contribution in [0.2, 0.25) is 0 Å². The molecule has 19 heavy (non-hydrogen) atoms. The molecule has 4 nitrogen and oxygen atoms in total. The fourth-order valence-corrected chi connectivity index (χ4v) is 1.68. The predicted octanol–water partition coefficient (Wildman–Crippen LogP) is 2.43. The largest absolute Gasteiger partial charge is 0.367 e. The van der Waals surface area contributed by atoms with E-state index in [2.05, 4.69) is 11.4 Å². The van der Waals surface area contributed by atoms with E-state index in [1.807, 2.05) is 51.1 Å². The van der Waals surface area contributed by atoms with Crippen LogP contribution in [-0.2, 0) is 9.53 Å². The van der Waals surface area contributed by atoms with E-state index in [1.54, 1.807) is 0 Å². The Kier molecular flexibility index (Phi) is 5.08. The van der Waals surface area contributed by atoms with Crippen LogP contribution in [0.15, 0.2) is 30.3 Å². The molecule has 102 valence electrons. The Hall–Kier alpha value is -1.86. The summed E-state index contributed by atoms with van der Waals surface area (Å²) in [6, 6.07) is 10.8. The van der Waals surface area contributed by atoms with Crippen molar-refractivity contribution in [3.05, 3.63) is 35.9 Å². The van der Waals surface area contributed by atoms with Gasteiger partial charge in [0.2, 0.25) is 0 Å². The molecule has 0 radical (unpaired) electrons. The molecule has 1 aromatic carbocycles. The molecule has 0 saturated carbocycles. The maximum atomic E-state index is 12.2. The third kappa shape index (κ3) is 4.08.